The van der Waals surface area contributed by atoms with Crippen LogP contribution < -0.4 is 11.3 Å². The third-order valence-corrected chi connectivity index (χ3v) is 2.25. The molecule has 0 fully saturated rings. The van der Waals surface area contributed by atoms with E-state index in [4.69, 9.17) is 5.84 Å². The van der Waals surface area contributed by atoms with Crippen LogP contribution in [0.4, 0.5) is 0 Å². The van der Waals surface area contributed by atoms with Gasteiger partial charge in [0.2, 0.25) is 0 Å². The Bertz CT molecular complexity index is 436. The zero-order valence-electron chi connectivity index (χ0n) is 7.94. The van der Waals surface area contributed by atoms with Gasteiger partial charge in [0, 0.05) is 18.4 Å². The van der Waals surface area contributed by atoms with Crippen LogP contribution in [0.25, 0.3) is 11.0 Å². The number of benzene rings is 1. The van der Waals surface area contributed by atoms with Gasteiger partial charge in [0.15, 0.2) is 0 Å². The molecule has 1 unspecified atom stereocenters. The Balaban J connectivity index is 2.65. The predicted molar refractivity (Wildman–Crippen MR) is 55.3 cm³/mol. The maximum absolute atomic E-state index is 5.40. The molecule has 1 atom stereocenters. The van der Waals surface area contributed by atoms with Gasteiger partial charge in [-0.1, -0.05) is 12.1 Å². The summed E-state index contributed by atoms with van der Waals surface area (Å²) >= 11 is 0. The first kappa shape index (κ1) is 9.05. The van der Waals surface area contributed by atoms with Crippen molar-refractivity contribution in [1.29, 1.82) is 0 Å². The lowest BCUT2D eigenvalue weighted by molar-refractivity contribution is 0.605. The minimum atomic E-state index is 0.0791. The molecule has 1 heterocycles. The lowest BCUT2D eigenvalue weighted by atomic mass is 10.1. The molecule has 0 saturated carbocycles. The normalized spacial score (nSPS) is 13.0. The number of fused-ring (bicyclic) bond motifs is 1. The van der Waals surface area contributed by atoms with E-state index in [1.165, 1.54) is 0 Å². The average Bonchev–Trinajstić information content (AvgIpc) is 2.27. The first-order valence-corrected chi connectivity index (χ1v) is 4.48. The highest BCUT2D eigenvalue weighted by molar-refractivity contribution is 5.77. The molecular formula is C10H12N4. The summed E-state index contributed by atoms with van der Waals surface area (Å²) in [6.45, 7) is 1.99. The van der Waals surface area contributed by atoms with E-state index in [-0.39, 0.29) is 6.04 Å². The van der Waals surface area contributed by atoms with E-state index in [1.54, 1.807) is 12.4 Å². The van der Waals surface area contributed by atoms with Crippen molar-refractivity contribution in [3.05, 3.63) is 36.2 Å². The minimum absolute atomic E-state index is 0.0791. The Hall–Kier alpha value is -1.52. The average molecular weight is 188 g/mol. The van der Waals surface area contributed by atoms with Crippen molar-refractivity contribution in [2.24, 2.45) is 5.84 Å². The van der Waals surface area contributed by atoms with Gasteiger partial charge in [0.1, 0.15) is 0 Å². The van der Waals surface area contributed by atoms with Gasteiger partial charge in [-0.15, -0.1) is 0 Å². The second-order valence-corrected chi connectivity index (χ2v) is 3.16. The molecule has 0 spiro atoms. The molecule has 0 bridgehead atoms. The zero-order valence-corrected chi connectivity index (χ0v) is 7.94. The van der Waals surface area contributed by atoms with Crippen LogP contribution in [0.15, 0.2) is 30.6 Å². The Labute approximate surface area is 82.1 Å². The van der Waals surface area contributed by atoms with E-state index in [1.807, 2.05) is 25.1 Å². The second kappa shape index (κ2) is 3.69. The van der Waals surface area contributed by atoms with Crippen molar-refractivity contribution in [2.75, 3.05) is 0 Å². The fourth-order valence-electron chi connectivity index (χ4n) is 1.45. The topological polar surface area (TPSA) is 63.8 Å². The highest BCUT2D eigenvalue weighted by Gasteiger charge is 2.08. The number of aromatic nitrogens is 2. The molecule has 1 aromatic heterocycles. The summed E-state index contributed by atoms with van der Waals surface area (Å²) < 4.78 is 0. The van der Waals surface area contributed by atoms with E-state index in [2.05, 4.69) is 15.4 Å². The number of nitrogens with two attached hydrogens (primary N) is 1. The lowest BCUT2D eigenvalue weighted by Crippen LogP contribution is -2.25. The highest BCUT2D eigenvalue weighted by Crippen LogP contribution is 2.19. The first-order chi connectivity index (χ1) is 6.83. The van der Waals surface area contributed by atoms with Crippen molar-refractivity contribution in [1.82, 2.24) is 15.4 Å². The number of para-hydroxylation sites is 1. The van der Waals surface area contributed by atoms with Crippen molar-refractivity contribution in [2.45, 2.75) is 13.0 Å². The van der Waals surface area contributed by atoms with Gasteiger partial charge < -0.3 is 0 Å². The van der Waals surface area contributed by atoms with Gasteiger partial charge in [-0.05, 0) is 18.6 Å². The molecule has 2 rings (SSSR count). The molecule has 0 radical (unpaired) electrons. The molecule has 2 aromatic rings. The van der Waals surface area contributed by atoms with Crippen molar-refractivity contribution in [3.8, 4) is 0 Å². The van der Waals surface area contributed by atoms with E-state index in [0.29, 0.717) is 0 Å². The molecule has 72 valence electrons. The van der Waals surface area contributed by atoms with Crippen LogP contribution in [-0.4, -0.2) is 9.97 Å². The summed E-state index contributed by atoms with van der Waals surface area (Å²) in [5, 5.41) is 0. The van der Waals surface area contributed by atoms with Crippen LogP contribution in [0.3, 0.4) is 0 Å². The Kier molecular flexibility index (Phi) is 2.39. The van der Waals surface area contributed by atoms with Crippen LogP contribution in [0.1, 0.15) is 18.5 Å². The standard InChI is InChI=1S/C10H12N4/c1-7(14-11)8-3-2-4-9-10(8)13-6-5-12-9/h2-7,14H,11H2,1H3. The summed E-state index contributed by atoms with van der Waals surface area (Å²) in [6.07, 6.45) is 3.38. The monoisotopic (exact) mass is 188 g/mol. The Morgan fingerprint density at radius 3 is 2.86 bits per heavy atom. The summed E-state index contributed by atoms with van der Waals surface area (Å²) in [5.74, 6) is 5.40. The van der Waals surface area contributed by atoms with E-state index in [9.17, 15) is 0 Å². The van der Waals surface area contributed by atoms with Crippen molar-refractivity contribution >= 4 is 11.0 Å². The smallest absolute Gasteiger partial charge is 0.0934 e. The van der Waals surface area contributed by atoms with Crippen LogP contribution >= 0.6 is 0 Å². The van der Waals surface area contributed by atoms with Crippen molar-refractivity contribution < 1.29 is 0 Å². The number of nitrogens with zero attached hydrogens (tertiary/aromatic N) is 2. The number of rotatable bonds is 2. The molecule has 1 aromatic carbocycles. The molecule has 3 N–H and O–H groups in total. The second-order valence-electron chi connectivity index (χ2n) is 3.16. The first-order valence-electron chi connectivity index (χ1n) is 4.48. The van der Waals surface area contributed by atoms with Crippen molar-refractivity contribution in [3.63, 3.8) is 0 Å². The number of hydrogen-bond acceptors (Lipinski definition) is 4. The third-order valence-electron chi connectivity index (χ3n) is 2.25. The van der Waals surface area contributed by atoms with Gasteiger partial charge in [-0.3, -0.25) is 21.2 Å². The molecular weight excluding hydrogens is 176 g/mol. The summed E-state index contributed by atoms with van der Waals surface area (Å²) in [7, 11) is 0. The number of nitrogens with one attached hydrogen (secondary N) is 1. The minimum Gasteiger partial charge on any atom is -0.271 e. The summed E-state index contributed by atoms with van der Waals surface area (Å²) in [4.78, 5) is 8.52. The van der Waals surface area contributed by atoms with Gasteiger partial charge >= 0.3 is 0 Å². The predicted octanol–water partition coefficient (Wildman–Crippen LogP) is 1.15. The fourth-order valence-corrected chi connectivity index (χ4v) is 1.45. The third kappa shape index (κ3) is 1.45. The largest absolute Gasteiger partial charge is 0.271 e. The molecule has 0 aliphatic rings. The SMILES string of the molecule is CC(NN)c1cccc2nccnc12. The maximum Gasteiger partial charge on any atom is 0.0934 e. The highest BCUT2D eigenvalue weighted by atomic mass is 15.2. The van der Waals surface area contributed by atoms with Gasteiger partial charge in [0.05, 0.1) is 11.0 Å². The summed E-state index contributed by atoms with van der Waals surface area (Å²) in [5.41, 5.74) is 5.57. The van der Waals surface area contributed by atoms with Crippen LogP contribution in [0.2, 0.25) is 0 Å². The van der Waals surface area contributed by atoms with E-state index in [0.717, 1.165) is 16.6 Å². The number of hydrazine groups is 1. The maximum atomic E-state index is 5.40. The zero-order chi connectivity index (χ0) is 9.97. The van der Waals surface area contributed by atoms with Crippen LogP contribution in [0, 0.1) is 0 Å². The molecule has 0 aliphatic carbocycles. The molecule has 0 aliphatic heterocycles. The fraction of sp³-hybridized carbons (Fsp3) is 0.200. The molecule has 4 heteroatoms. The van der Waals surface area contributed by atoms with Gasteiger partial charge in [0.25, 0.3) is 0 Å². The van der Waals surface area contributed by atoms with E-state index >= 15 is 0 Å². The molecule has 4 nitrogen and oxygen atoms in total. The lowest BCUT2D eigenvalue weighted by Gasteiger charge is -2.11. The van der Waals surface area contributed by atoms with Gasteiger partial charge in [-0.2, -0.15) is 0 Å². The van der Waals surface area contributed by atoms with Crippen LogP contribution in [0.5, 0.6) is 0 Å². The molecule has 0 amide bonds. The Morgan fingerprint density at radius 2 is 2.07 bits per heavy atom. The number of hydrogen-bond donors (Lipinski definition) is 2. The molecule has 14 heavy (non-hydrogen) atoms. The quantitative estimate of drug-likeness (QED) is 0.548. The van der Waals surface area contributed by atoms with Gasteiger partial charge in [-0.25, -0.2) is 0 Å². The summed E-state index contributed by atoms with van der Waals surface area (Å²) in [6, 6.07) is 5.98. The van der Waals surface area contributed by atoms with Crippen LogP contribution in [-0.2, 0) is 0 Å². The molecule has 0 saturated heterocycles. The Morgan fingerprint density at radius 1 is 1.29 bits per heavy atom. The van der Waals surface area contributed by atoms with E-state index < -0.39 is 0 Å².